The molecule has 0 aliphatic carbocycles. The summed E-state index contributed by atoms with van der Waals surface area (Å²) in [6.45, 7) is 9.28. The summed E-state index contributed by atoms with van der Waals surface area (Å²) in [6.07, 6.45) is 0.460. The maximum Gasteiger partial charge on any atom is 0.410 e. The highest BCUT2D eigenvalue weighted by atomic mass is 16.6. The van der Waals surface area contributed by atoms with Gasteiger partial charge in [0.2, 0.25) is 0 Å². The molecule has 138 valence electrons. The Labute approximate surface area is 143 Å². The molecule has 3 atom stereocenters. The van der Waals surface area contributed by atoms with Gasteiger partial charge >= 0.3 is 18.0 Å². The van der Waals surface area contributed by atoms with Gasteiger partial charge in [-0.2, -0.15) is 0 Å². The summed E-state index contributed by atoms with van der Waals surface area (Å²) in [5.74, 6) is -0.721. The summed E-state index contributed by atoms with van der Waals surface area (Å²) in [6, 6.07) is -0.411. The largest absolute Gasteiger partial charge is 0.469 e. The van der Waals surface area contributed by atoms with E-state index in [4.69, 9.17) is 14.2 Å². The third-order valence-electron chi connectivity index (χ3n) is 4.17. The van der Waals surface area contributed by atoms with E-state index >= 15 is 0 Å². The second-order valence-electron chi connectivity index (χ2n) is 7.25. The van der Waals surface area contributed by atoms with Crippen molar-refractivity contribution in [2.45, 2.75) is 59.1 Å². The van der Waals surface area contributed by atoms with Crippen molar-refractivity contribution >= 4 is 18.0 Å². The Kier molecular flexibility index (Phi) is 7.05. The Morgan fingerprint density at radius 3 is 2.33 bits per heavy atom. The average molecular weight is 343 g/mol. The summed E-state index contributed by atoms with van der Waals surface area (Å²) >= 11 is 0. The van der Waals surface area contributed by atoms with Gasteiger partial charge in [-0.3, -0.25) is 9.59 Å². The van der Waals surface area contributed by atoms with Gasteiger partial charge in [0.05, 0.1) is 19.6 Å². The summed E-state index contributed by atoms with van der Waals surface area (Å²) in [5.41, 5.74) is -0.621. The SMILES string of the molecule is COC(=O)C[C@H]1C(C)CCN(C(=O)OC(C)(C)C)[C@@H]1COC(C)=O. The normalized spacial score (nSPS) is 24.2. The molecule has 0 aromatic rings. The highest BCUT2D eigenvalue weighted by Gasteiger charge is 2.41. The molecule has 0 aromatic carbocycles. The smallest absolute Gasteiger partial charge is 0.410 e. The molecule has 1 saturated heterocycles. The highest BCUT2D eigenvalue weighted by Crippen LogP contribution is 2.33. The molecule has 1 fully saturated rings. The van der Waals surface area contributed by atoms with Gasteiger partial charge in [0.1, 0.15) is 12.2 Å². The maximum absolute atomic E-state index is 12.5. The van der Waals surface area contributed by atoms with Crippen LogP contribution in [0.2, 0.25) is 0 Å². The van der Waals surface area contributed by atoms with E-state index in [-0.39, 0.29) is 30.8 Å². The Morgan fingerprint density at radius 1 is 1.21 bits per heavy atom. The fraction of sp³-hybridized carbons (Fsp3) is 0.824. The van der Waals surface area contributed by atoms with Gasteiger partial charge in [-0.1, -0.05) is 6.92 Å². The maximum atomic E-state index is 12.5. The predicted molar refractivity (Wildman–Crippen MR) is 87.3 cm³/mol. The summed E-state index contributed by atoms with van der Waals surface area (Å²) < 4.78 is 15.4. The molecule has 0 radical (unpaired) electrons. The molecular weight excluding hydrogens is 314 g/mol. The number of ether oxygens (including phenoxy) is 3. The Morgan fingerprint density at radius 2 is 1.83 bits per heavy atom. The number of likely N-dealkylation sites (tertiary alicyclic amines) is 1. The van der Waals surface area contributed by atoms with Crippen molar-refractivity contribution in [3.8, 4) is 0 Å². The van der Waals surface area contributed by atoms with Crippen molar-refractivity contribution < 1.29 is 28.6 Å². The summed E-state index contributed by atoms with van der Waals surface area (Å²) in [7, 11) is 1.34. The minimum absolute atomic E-state index is 0.0422. The molecule has 1 rings (SSSR count). The van der Waals surface area contributed by atoms with Gasteiger partial charge < -0.3 is 19.1 Å². The summed E-state index contributed by atoms with van der Waals surface area (Å²) in [4.78, 5) is 37.1. The molecule has 0 spiro atoms. The Balaban J connectivity index is 2.99. The highest BCUT2D eigenvalue weighted by molar-refractivity contribution is 5.71. The van der Waals surface area contributed by atoms with Gasteiger partial charge in [-0.15, -0.1) is 0 Å². The number of rotatable bonds is 4. The molecule has 24 heavy (non-hydrogen) atoms. The lowest BCUT2D eigenvalue weighted by atomic mass is 9.79. The first-order valence-electron chi connectivity index (χ1n) is 8.25. The third kappa shape index (κ3) is 6.02. The molecule has 7 nitrogen and oxygen atoms in total. The molecule has 0 bridgehead atoms. The van der Waals surface area contributed by atoms with Crippen LogP contribution in [-0.4, -0.2) is 54.8 Å². The second kappa shape index (κ2) is 8.35. The van der Waals surface area contributed by atoms with Crippen LogP contribution in [0.1, 0.15) is 47.5 Å². The van der Waals surface area contributed by atoms with Gasteiger partial charge in [0.25, 0.3) is 0 Å². The van der Waals surface area contributed by atoms with Crippen LogP contribution in [0, 0.1) is 11.8 Å². The molecule has 1 unspecified atom stereocenters. The van der Waals surface area contributed by atoms with E-state index in [9.17, 15) is 14.4 Å². The zero-order chi connectivity index (χ0) is 18.5. The third-order valence-corrected chi connectivity index (χ3v) is 4.17. The lowest BCUT2D eigenvalue weighted by molar-refractivity contribution is -0.147. The van der Waals surface area contributed by atoms with Crippen molar-refractivity contribution in [2.24, 2.45) is 11.8 Å². The van der Waals surface area contributed by atoms with Crippen molar-refractivity contribution in [2.75, 3.05) is 20.3 Å². The number of carbonyl (C=O) groups excluding carboxylic acids is 3. The van der Waals surface area contributed by atoms with Gasteiger partial charge in [-0.05, 0) is 39.0 Å². The second-order valence-corrected chi connectivity index (χ2v) is 7.25. The first-order valence-corrected chi connectivity index (χ1v) is 8.25. The zero-order valence-corrected chi connectivity index (χ0v) is 15.5. The lowest BCUT2D eigenvalue weighted by Gasteiger charge is -2.44. The quantitative estimate of drug-likeness (QED) is 0.576. The number of hydrogen-bond donors (Lipinski definition) is 0. The first kappa shape index (κ1) is 20.3. The molecule has 1 aliphatic heterocycles. The number of piperidine rings is 1. The molecule has 0 N–H and O–H groups in total. The van der Waals surface area contributed by atoms with Crippen LogP contribution in [0.3, 0.4) is 0 Å². The topological polar surface area (TPSA) is 82.1 Å². The number of hydrogen-bond acceptors (Lipinski definition) is 6. The van der Waals surface area contributed by atoms with Crippen molar-refractivity contribution in [3.05, 3.63) is 0 Å². The molecule has 1 amide bonds. The van der Waals surface area contributed by atoms with Crippen LogP contribution in [0.4, 0.5) is 4.79 Å². The van der Waals surface area contributed by atoms with E-state index in [0.717, 1.165) is 6.42 Å². The van der Waals surface area contributed by atoms with Crippen LogP contribution in [0.25, 0.3) is 0 Å². The number of nitrogens with zero attached hydrogens (tertiary/aromatic N) is 1. The van der Waals surface area contributed by atoms with Crippen LogP contribution in [-0.2, 0) is 23.8 Å². The number of esters is 2. The van der Waals surface area contributed by atoms with Crippen molar-refractivity contribution in [1.82, 2.24) is 4.90 Å². The monoisotopic (exact) mass is 343 g/mol. The van der Waals surface area contributed by atoms with Crippen LogP contribution in [0.5, 0.6) is 0 Å². The van der Waals surface area contributed by atoms with Crippen molar-refractivity contribution in [1.29, 1.82) is 0 Å². The van der Waals surface area contributed by atoms with E-state index in [1.807, 2.05) is 6.92 Å². The molecule has 1 heterocycles. The fourth-order valence-electron chi connectivity index (χ4n) is 2.91. The zero-order valence-electron chi connectivity index (χ0n) is 15.5. The van der Waals surface area contributed by atoms with Gasteiger partial charge in [0.15, 0.2) is 0 Å². The lowest BCUT2D eigenvalue weighted by Crippen LogP contribution is -2.55. The van der Waals surface area contributed by atoms with Crippen LogP contribution in [0.15, 0.2) is 0 Å². The number of carbonyl (C=O) groups is 3. The number of amides is 1. The molecule has 0 saturated carbocycles. The Bertz CT molecular complexity index is 470. The van der Waals surface area contributed by atoms with E-state index in [1.54, 1.807) is 25.7 Å². The standard InChI is InChI=1S/C17H29NO6/c1-11-7-8-18(16(21)24-17(3,4)5)14(10-23-12(2)19)13(11)9-15(20)22-6/h11,13-14H,7-10H2,1-6H3/t11?,13-,14+/m0/s1. The Hall–Kier alpha value is -1.79. The predicted octanol–water partition coefficient (Wildman–Crippen LogP) is 2.37. The summed E-state index contributed by atoms with van der Waals surface area (Å²) in [5, 5.41) is 0. The molecular formula is C17H29NO6. The fourth-order valence-corrected chi connectivity index (χ4v) is 2.91. The minimum Gasteiger partial charge on any atom is -0.469 e. The minimum atomic E-state index is -0.621. The van der Waals surface area contributed by atoms with E-state index in [0.29, 0.717) is 6.54 Å². The molecule has 0 aromatic heterocycles. The van der Waals surface area contributed by atoms with Crippen LogP contribution >= 0.6 is 0 Å². The van der Waals surface area contributed by atoms with E-state index in [1.165, 1.54) is 14.0 Å². The van der Waals surface area contributed by atoms with Crippen molar-refractivity contribution in [3.63, 3.8) is 0 Å². The first-order chi connectivity index (χ1) is 11.0. The van der Waals surface area contributed by atoms with E-state index < -0.39 is 23.7 Å². The van der Waals surface area contributed by atoms with E-state index in [2.05, 4.69) is 0 Å². The average Bonchev–Trinajstić information content (AvgIpc) is 2.45. The van der Waals surface area contributed by atoms with Crippen LogP contribution < -0.4 is 0 Å². The van der Waals surface area contributed by atoms with Gasteiger partial charge in [0, 0.05) is 13.5 Å². The molecule has 1 aliphatic rings. The number of methoxy groups -OCH3 is 1. The van der Waals surface area contributed by atoms with Gasteiger partial charge in [-0.25, -0.2) is 4.79 Å². The molecule has 7 heteroatoms.